The lowest BCUT2D eigenvalue weighted by Gasteiger charge is -2.07. The Labute approximate surface area is 223 Å². The number of nitrogens with zero attached hydrogens (tertiary/aromatic N) is 2. The van der Waals surface area contributed by atoms with E-state index in [-0.39, 0.29) is 0 Å². The lowest BCUT2D eigenvalue weighted by molar-refractivity contribution is 0.618. The molecular weight excluding hydrogens is 468 g/mol. The summed E-state index contributed by atoms with van der Waals surface area (Å²) in [5.41, 5.74) is 8.05. The first-order valence-electron chi connectivity index (χ1n) is 14.0. The second-order valence-corrected chi connectivity index (χ2v) is 10.3. The van der Waals surface area contributed by atoms with E-state index < -0.39 is 0 Å². The molecule has 0 N–H and O–H groups in total. The summed E-state index contributed by atoms with van der Waals surface area (Å²) in [6.45, 7) is 4.47. The van der Waals surface area contributed by atoms with Crippen LogP contribution in [-0.4, -0.2) is 9.97 Å². The van der Waals surface area contributed by atoms with E-state index in [2.05, 4.69) is 86.6 Å². The van der Waals surface area contributed by atoms with Crippen LogP contribution >= 0.6 is 0 Å². The summed E-state index contributed by atoms with van der Waals surface area (Å²) in [7, 11) is 0. The number of hydrogen-bond donors (Lipinski definition) is 0. The van der Waals surface area contributed by atoms with Crippen molar-refractivity contribution >= 4 is 33.0 Å². The Morgan fingerprint density at radius 2 is 1.03 bits per heavy atom. The van der Waals surface area contributed by atoms with Gasteiger partial charge >= 0.3 is 0 Å². The monoisotopic (exact) mass is 502 g/mol. The van der Waals surface area contributed by atoms with Gasteiger partial charge in [-0.25, -0.2) is 9.97 Å². The summed E-state index contributed by atoms with van der Waals surface area (Å²) in [5.74, 6) is 1.28. The number of fused-ring (bicyclic) bond motifs is 3. The molecular formula is C34H34N2O2. The Morgan fingerprint density at radius 3 is 1.47 bits per heavy atom. The maximum atomic E-state index is 6.24. The van der Waals surface area contributed by atoms with Crippen molar-refractivity contribution in [2.75, 3.05) is 0 Å². The molecule has 0 aliphatic rings. The normalized spacial score (nSPS) is 11.7. The van der Waals surface area contributed by atoms with Crippen LogP contribution in [0.15, 0.2) is 81.6 Å². The van der Waals surface area contributed by atoms with Crippen LogP contribution in [0.3, 0.4) is 0 Å². The van der Waals surface area contributed by atoms with Crippen molar-refractivity contribution in [3.63, 3.8) is 0 Å². The van der Waals surface area contributed by atoms with Crippen molar-refractivity contribution in [2.24, 2.45) is 0 Å². The fraction of sp³-hybridized carbons (Fsp3) is 0.294. The zero-order chi connectivity index (χ0) is 25.9. The Bertz CT molecular complexity index is 1580. The summed E-state index contributed by atoms with van der Waals surface area (Å²) in [4.78, 5) is 9.79. The average Bonchev–Trinajstić information content (AvgIpc) is 3.56. The van der Waals surface area contributed by atoms with E-state index in [0.717, 1.165) is 56.9 Å². The molecule has 192 valence electrons. The molecule has 6 aromatic rings. The van der Waals surface area contributed by atoms with Crippen LogP contribution in [0.1, 0.15) is 63.5 Å². The van der Waals surface area contributed by atoms with Gasteiger partial charge in [-0.2, -0.15) is 0 Å². The first kappa shape index (κ1) is 24.4. The molecule has 4 nitrogen and oxygen atoms in total. The van der Waals surface area contributed by atoms with E-state index in [0.29, 0.717) is 11.8 Å². The molecule has 0 bridgehead atoms. The standard InChI is InChI=1S/C34H34N2O2/c1-3-5-7-11-23-15-19-31-29(21-23)35-33(37-31)27-17-18-28(26-14-10-9-13-25(26)27)34-36-30-22-24(12-8-6-4-2)16-20-32(30)38-34/h9-10,13-22H,3-8,11-12H2,1-2H3. The molecule has 4 aromatic carbocycles. The van der Waals surface area contributed by atoms with Crippen LogP contribution in [-0.2, 0) is 12.8 Å². The van der Waals surface area contributed by atoms with E-state index in [1.165, 1.54) is 49.7 Å². The first-order valence-corrected chi connectivity index (χ1v) is 14.0. The maximum absolute atomic E-state index is 6.24. The summed E-state index contributed by atoms with van der Waals surface area (Å²) >= 11 is 0. The van der Waals surface area contributed by atoms with Crippen LogP contribution in [0.2, 0.25) is 0 Å². The quantitative estimate of drug-likeness (QED) is 0.175. The van der Waals surface area contributed by atoms with Gasteiger partial charge in [-0.15, -0.1) is 0 Å². The minimum absolute atomic E-state index is 0.641. The minimum atomic E-state index is 0.641. The highest BCUT2D eigenvalue weighted by Gasteiger charge is 2.17. The molecule has 2 heterocycles. The second-order valence-electron chi connectivity index (χ2n) is 10.3. The molecule has 0 saturated carbocycles. The van der Waals surface area contributed by atoms with Crippen LogP contribution in [0.25, 0.3) is 55.9 Å². The first-order chi connectivity index (χ1) is 18.7. The average molecular weight is 503 g/mol. The fourth-order valence-electron chi connectivity index (χ4n) is 5.32. The number of benzene rings is 4. The summed E-state index contributed by atoms with van der Waals surface area (Å²) < 4.78 is 12.5. The molecule has 0 atom stereocenters. The molecule has 0 radical (unpaired) electrons. The Morgan fingerprint density at radius 1 is 0.553 bits per heavy atom. The van der Waals surface area contributed by atoms with E-state index >= 15 is 0 Å². The predicted octanol–water partition coefficient (Wildman–Crippen LogP) is 9.92. The van der Waals surface area contributed by atoms with Crippen molar-refractivity contribution in [2.45, 2.75) is 65.2 Å². The number of unbranched alkanes of at least 4 members (excludes halogenated alkanes) is 4. The number of rotatable bonds is 10. The van der Waals surface area contributed by atoms with Crippen molar-refractivity contribution in [1.29, 1.82) is 0 Å². The van der Waals surface area contributed by atoms with Gasteiger partial charge in [-0.3, -0.25) is 0 Å². The van der Waals surface area contributed by atoms with Crippen molar-refractivity contribution < 1.29 is 8.83 Å². The van der Waals surface area contributed by atoms with Gasteiger partial charge < -0.3 is 8.83 Å². The van der Waals surface area contributed by atoms with E-state index in [1.807, 2.05) is 0 Å². The summed E-state index contributed by atoms with van der Waals surface area (Å²) in [6, 6.07) is 25.3. The minimum Gasteiger partial charge on any atom is -0.436 e. The number of hydrogen-bond acceptors (Lipinski definition) is 4. The van der Waals surface area contributed by atoms with Gasteiger partial charge in [0.15, 0.2) is 11.2 Å². The van der Waals surface area contributed by atoms with E-state index in [1.54, 1.807) is 0 Å². The highest BCUT2D eigenvalue weighted by atomic mass is 16.4. The van der Waals surface area contributed by atoms with Gasteiger partial charge in [0.25, 0.3) is 0 Å². The highest BCUT2D eigenvalue weighted by molar-refractivity contribution is 6.03. The molecule has 38 heavy (non-hydrogen) atoms. The van der Waals surface area contributed by atoms with Gasteiger partial charge in [0.05, 0.1) is 0 Å². The van der Waals surface area contributed by atoms with E-state index in [9.17, 15) is 0 Å². The smallest absolute Gasteiger partial charge is 0.227 e. The largest absolute Gasteiger partial charge is 0.436 e. The molecule has 0 aliphatic carbocycles. The SMILES string of the molecule is CCCCCc1ccc2oc(-c3ccc(-c4nc5cc(CCCCC)ccc5o4)c4ccccc34)nc2c1. The molecule has 0 fully saturated rings. The second kappa shape index (κ2) is 10.8. The summed E-state index contributed by atoms with van der Waals surface area (Å²) in [5, 5.41) is 2.14. The Kier molecular flexibility index (Phi) is 6.96. The lowest BCUT2D eigenvalue weighted by atomic mass is 9.99. The van der Waals surface area contributed by atoms with Crippen LogP contribution < -0.4 is 0 Å². The zero-order valence-corrected chi connectivity index (χ0v) is 22.3. The predicted molar refractivity (Wildman–Crippen MR) is 156 cm³/mol. The maximum Gasteiger partial charge on any atom is 0.227 e. The Hall–Kier alpha value is -3.92. The van der Waals surface area contributed by atoms with Gasteiger partial charge in [0.2, 0.25) is 11.8 Å². The van der Waals surface area contributed by atoms with Crippen LogP contribution in [0.5, 0.6) is 0 Å². The molecule has 0 amide bonds. The van der Waals surface area contributed by atoms with E-state index in [4.69, 9.17) is 18.8 Å². The van der Waals surface area contributed by atoms with Crippen molar-refractivity contribution in [3.8, 4) is 22.9 Å². The number of oxazole rings is 2. The van der Waals surface area contributed by atoms with Crippen molar-refractivity contribution in [3.05, 3.63) is 83.9 Å². The molecule has 0 saturated heterocycles. The van der Waals surface area contributed by atoms with Crippen LogP contribution in [0.4, 0.5) is 0 Å². The Balaban J connectivity index is 1.36. The highest BCUT2D eigenvalue weighted by Crippen LogP contribution is 2.37. The van der Waals surface area contributed by atoms with Crippen molar-refractivity contribution in [1.82, 2.24) is 9.97 Å². The summed E-state index contributed by atoms with van der Waals surface area (Å²) in [6.07, 6.45) is 9.51. The third-order valence-corrected chi connectivity index (χ3v) is 7.43. The molecule has 0 aliphatic heterocycles. The number of aryl methyl sites for hydroxylation is 2. The van der Waals surface area contributed by atoms with Crippen LogP contribution in [0, 0.1) is 0 Å². The van der Waals surface area contributed by atoms with Gasteiger partial charge in [-0.05, 0) is 84.0 Å². The molecule has 0 unspecified atom stereocenters. The molecule has 4 heteroatoms. The number of aromatic nitrogens is 2. The molecule has 2 aromatic heterocycles. The van der Waals surface area contributed by atoms with Gasteiger partial charge in [0, 0.05) is 11.1 Å². The van der Waals surface area contributed by atoms with Gasteiger partial charge in [0.1, 0.15) is 11.0 Å². The lowest BCUT2D eigenvalue weighted by Crippen LogP contribution is -1.87. The topological polar surface area (TPSA) is 52.1 Å². The third-order valence-electron chi connectivity index (χ3n) is 7.43. The van der Waals surface area contributed by atoms with Gasteiger partial charge in [-0.1, -0.05) is 75.9 Å². The third kappa shape index (κ3) is 4.83. The fourth-order valence-corrected chi connectivity index (χ4v) is 5.32. The molecule has 0 spiro atoms. The zero-order valence-electron chi connectivity index (χ0n) is 22.3. The molecule has 6 rings (SSSR count).